The first-order valence-corrected chi connectivity index (χ1v) is 5.45. The Hall–Kier alpha value is -0.780. The van der Waals surface area contributed by atoms with Crippen LogP contribution in [0.1, 0.15) is 51.2 Å². The first-order valence-electron chi connectivity index (χ1n) is 5.45. The Bertz CT molecular complexity index is 274. The molecule has 0 radical (unpaired) electrons. The zero-order valence-electron chi connectivity index (χ0n) is 10.1. The van der Waals surface area contributed by atoms with Gasteiger partial charge >= 0.3 is 0 Å². The highest BCUT2D eigenvalue weighted by atomic mass is 14.2. The van der Waals surface area contributed by atoms with Gasteiger partial charge < -0.3 is 0 Å². The molecule has 0 aliphatic rings. The third kappa shape index (κ3) is 3.53. The topological polar surface area (TPSA) is 0 Å². The van der Waals surface area contributed by atoms with Crippen molar-refractivity contribution in [3.8, 4) is 0 Å². The number of hydrogen-bond acceptors (Lipinski definition) is 0. The van der Waals surface area contributed by atoms with Crippen LogP contribution in [0.2, 0.25) is 0 Å². The summed E-state index contributed by atoms with van der Waals surface area (Å²) in [7, 11) is 0. The minimum absolute atomic E-state index is 0.421. The van der Waals surface area contributed by atoms with Gasteiger partial charge in [-0.1, -0.05) is 57.5 Å². The summed E-state index contributed by atoms with van der Waals surface area (Å²) < 4.78 is 0. The van der Waals surface area contributed by atoms with Crippen molar-refractivity contribution >= 4 is 0 Å². The summed E-state index contributed by atoms with van der Waals surface area (Å²) in [6, 6.07) is 8.92. The van der Waals surface area contributed by atoms with Gasteiger partial charge in [0.15, 0.2) is 0 Å². The van der Waals surface area contributed by atoms with Gasteiger partial charge in [0.2, 0.25) is 0 Å². The van der Waals surface area contributed by atoms with Gasteiger partial charge in [-0.2, -0.15) is 0 Å². The largest absolute Gasteiger partial charge is 0.0602 e. The van der Waals surface area contributed by atoms with Crippen molar-refractivity contribution in [2.75, 3.05) is 0 Å². The van der Waals surface area contributed by atoms with Gasteiger partial charge in [0.05, 0.1) is 0 Å². The maximum absolute atomic E-state index is 2.32. The molecule has 1 atom stereocenters. The second-order valence-corrected chi connectivity index (χ2v) is 5.58. The fourth-order valence-electron chi connectivity index (χ4n) is 1.93. The average Bonchev–Trinajstić information content (AvgIpc) is 2.02. The van der Waals surface area contributed by atoms with Crippen LogP contribution >= 0.6 is 0 Å². The minimum atomic E-state index is 0.421. The van der Waals surface area contributed by atoms with Gasteiger partial charge in [-0.3, -0.25) is 0 Å². The lowest BCUT2D eigenvalue weighted by Crippen LogP contribution is -2.09. The van der Waals surface area contributed by atoms with Gasteiger partial charge in [-0.15, -0.1) is 0 Å². The predicted octanol–water partition coefficient (Wildman–Crippen LogP) is 4.53. The molecule has 0 heterocycles. The molecular formula is C14H22. The second-order valence-electron chi connectivity index (χ2n) is 5.58. The molecule has 0 amide bonds. The van der Waals surface area contributed by atoms with Crippen molar-refractivity contribution in [1.29, 1.82) is 0 Å². The van der Waals surface area contributed by atoms with Crippen LogP contribution in [0.4, 0.5) is 0 Å². The highest BCUT2D eigenvalue weighted by molar-refractivity contribution is 5.24. The van der Waals surface area contributed by atoms with Gasteiger partial charge in [0, 0.05) is 0 Å². The highest BCUT2D eigenvalue weighted by Gasteiger charge is 2.16. The van der Waals surface area contributed by atoms with E-state index in [0.29, 0.717) is 11.3 Å². The van der Waals surface area contributed by atoms with Crippen LogP contribution < -0.4 is 0 Å². The molecule has 14 heavy (non-hydrogen) atoms. The predicted molar refractivity (Wildman–Crippen MR) is 63.7 cm³/mol. The Kier molecular flexibility index (Phi) is 3.36. The zero-order valence-corrected chi connectivity index (χ0v) is 10.1. The van der Waals surface area contributed by atoms with Crippen LogP contribution in [0.3, 0.4) is 0 Å². The molecule has 0 saturated carbocycles. The molecule has 1 aromatic rings. The summed E-state index contributed by atoms with van der Waals surface area (Å²) in [5.41, 5.74) is 3.23. The van der Waals surface area contributed by atoms with Crippen molar-refractivity contribution in [2.45, 2.75) is 47.0 Å². The van der Waals surface area contributed by atoms with Gasteiger partial charge in [-0.05, 0) is 30.2 Å². The maximum atomic E-state index is 2.32. The van der Waals surface area contributed by atoms with Crippen LogP contribution in [-0.4, -0.2) is 0 Å². The van der Waals surface area contributed by atoms with Crippen molar-refractivity contribution in [3.63, 3.8) is 0 Å². The molecule has 0 bridgehead atoms. The lowest BCUT2D eigenvalue weighted by Gasteiger charge is -2.23. The molecule has 0 N–H and O–H groups in total. The molecule has 78 valence electrons. The summed E-state index contributed by atoms with van der Waals surface area (Å²) >= 11 is 0. The van der Waals surface area contributed by atoms with Crippen molar-refractivity contribution < 1.29 is 0 Å². The summed E-state index contributed by atoms with van der Waals surface area (Å²) in [6.07, 6.45) is 1.25. The molecule has 1 aromatic carbocycles. The molecule has 0 nitrogen and oxygen atoms in total. The molecule has 0 unspecified atom stereocenters. The average molecular weight is 190 g/mol. The van der Waals surface area contributed by atoms with Crippen LogP contribution in [-0.2, 0) is 0 Å². The molecule has 0 aromatic heterocycles. The lowest BCUT2D eigenvalue weighted by molar-refractivity contribution is 0.349. The van der Waals surface area contributed by atoms with E-state index in [4.69, 9.17) is 0 Å². The fourth-order valence-corrected chi connectivity index (χ4v) is 1.93. The van der Waals surface area contributed by atoms with Crippen molar-refractivity contribution in [2.24, 2.45) is 5.41 Å². The number of aryl methyl sites for hydroxylation is 1. The van der Waals surface area contributed by atoms with E-state index < -0.39 is 0 Å². The second kappa shape index (κ2) is 4.16. The summed E-state index contributed by atoms with van der Waals surface area (Å²) in [5, 5.41) is 0. The number of hydrogen-bond donors (Lipinski definition) is 0. The molecular weight excluding hydrogens is 168 g/mol. The van der Waals surface area contributed by atoms with E-state index in [2.05, 4.69) is 58.9 Å². The minimum Gasteiger partial charge on any atom is -0.0602 e. The van der Waals surface area contributed by atoms with E-state index in [0.717, 1.165) is 0 Å². The Balaban J connectivity index is 2.70. The van der Waals surface area contributed by atoms with Crippen molar-refractivity contribution in [1.82, 2.24) is 0 Å². The summed E-state index contributed by atoms with van der Waals surface area (Å²) in [4.78, 5) is 0. The fraction of sp³-hybridized carbons (Fsp3) is 0.571. The standard InChI is InChI=1S/C14H22/c1-11-6-8-13(9-7-11)12(2)10-14(3,4)5/h6-9,12H,10H2,1-5H3/t12-/m1/s1. The Morgan fingerprint density at radius 3 is 2.00 bits per heavy atom. The maximum Gasteiger partial charge on any atom is -0.0185 e. The van der Waals surface area contributed by atoms with Crippen LogP contribution in [0.25, 0.3) is 0 Å². The Morgan fingerprint density at radius 1 is 1.07 bits per heavy atom. The van der Waals surface area contributed by atoms with E-state index in [1.165, 1.54) is 17.5 Å². The smallest absolute Gasteiger partial charge is 0.0185 e. The number of benzene rings is 1. The quantitative estimate of drug-likeness (QED) is 0.642. The van der Waals surface area contributed by atoms with Crippen LogP contribution in [0.5, 0.6) is 0 Å². The van der Waals surface area contributed by atoms with Gasteiger partial charge in [0.25, 0.3) is 0 Å². The molecule has 0 aliphatic heterocycles. The molecule has 0 fully saturated rings. The van der Waals surface area contributed by atoms with Crippen LogP contribution in [0.15, 0.2) is 24.3 Å². The van der Waals surface area contributed by atoms with E-state index in [1.807, 2.05) is 0 Å². The summed E-state index contributed by atoms with van der Waals surface area (Å²) in [6.45, 7) is 11.4. The van der Waals surface area contributed by atoms with Gasteiger partial charge in [-0.25, -0.2) is 0 Å². The van der Waals surface area contributed by atoms with Crippen LogP contribution in [0, 0.1) is 12.3 Å². The molecule has 0 heteroatoms. The highest BCUT2D eigenvalue weighted by Crippen LogP contribution is 2.30. The lowest BCUT2D eigenvalue weighted by atomic mass is 9.82. The Labute approximate surface area is 88.4 Å². The summed E-state index contributed by atoms with van der Waals surface area (Å²) in [5.74, 6) is 0.663. The molecule has 0 aliphatic carbocycles. The first kappa shape index (κ1) is 11.3. The Morgan fingerprint density at radius 2 is 1.57 bits per heavy atom. The van der Waals surface area contributed by atoms with Gasteiger partial charge in [0.1, 0.15) is 0 Å². The zero-order chi connectivity index (χ0) is 10.8. The third-order valence-corrected chi connectivity index (χ3v) is 2.56. The third-order valence-electron chi connectivity index (χ3n) is 2.56. The van der Waals surface area contributed by atoms with E-state index in [-0.39, 0.29) is 0 Å². The monoisotopic (exact) mass is 190 g/mol. The SMILES string of the molecule is Cc1ccc([C@H](C)CC(C)(C)C)cc1. The normalized spacial score (nSPS) is 14.1. The van der Waals surface area contributed by atoms with E-state index in [9.17, 15) is 0 Å². The van der Waals surface area contributed by atoms with Crippen molar-refractivity contribution in [3.05, 3.63) is 35.4 Å². The van der Waals surface area contributed by atoms with E-state index in [1.54, 1.807) is 0 Å². The molecule has 0 spiro atoms. The molecule has 0 saturated heterocycles. The molecule has 1 rings (SSSR count). The van der Waals surface area contributed by atoms with E-state index >= 15 is 0 Å². The number of rotatable bonds is 2. The first-order chi connectivity index (χ1) is 6.38.